The van der Waals surface area contributed by atoms with Crippen LogP contribution in [0.2, 0.25) is 0 Å². The van der Waals surface area contributed by atoms with Crippen molar-refractivity contribution in [3.63, 3.8) is 0 Å². The number of nitrogens with zero attached hydrogens (tertiary/aromatic N) is 2. The lowest BCUT2D eigenvalue weighted by Gasteiger charge is -2.33. The molecular weight excluding hydrogens is 318 g/mol. The number of carbonyl (C=O) groups excluding carboxylic acids is 2. The van der Waals surface area contributed by atoms with E-state index >= 15 is 0 Å². The standard InChI is InChI=1S/C19H21N3O3/c20-18(23)16-8-9-17(25-16)19(24)22-13-11-21(12-14-22)10-4-7-15-5-2-1-3-6-15/h1-9H,10-14H2,(H2,20,23)/b7-4+. The maximum atomic E-state index is 12.4. The van der Waals surface area contributed by atoms with Gasteiger partial charge in [-0.3, -0.25) is 14.5 Å². The summed E-state index contributed by atoms with van der Waals surface area (Å²) in [5.41, 5.74) is 6.32. The molecule has 0 saturated carbocycles. The first-order chi connectivity index (χ1) is 12.1. The van der Waals surface area contributed by atoms with Crippen molar-refractivity contribution < 1.29 is 14.0 Å². The van der Waals surface area contributed by atoms with Crippen LogP contribution >= 0.6 is 0 Å². The van der Waals surface area contributed by atoms with Crippen LogP contribution in [0.3, 0.4) is 0 Å². The number of primary amides is 1. The number of carbonyl (C=O) groups is 2. The summed E-state index contributed by atoms with van der Waals surface area (Å²) >= 11 is 0. The predicted molar refractivity (Wildman–Crippen MR) is 95.0 cm³/mol. The third-order valence-electron chi connectivity index (χ3n) is 4.19. The molecule has 3 rings (SSSR count). The molecule has 2 heterocycles. The summed E-state index contributed by atoms with van der Waals surface area (Å²) in [5.74, 6) is -0.708. The Bertz CT molecular complexity index is 759. The van der Waals surface area contributed by atoms with Crippen LogP contribution in [0.25, 0.3) is 6.08 Å². The summed E-state index contributed by atoms with van der Waals surface area (Å²) in [4.78, 5) is 27.5. The number of amides is 2. The van der Waals surface area contributed by atoms with Gasteiger partial charge in [-0.2, -0.15) is 0 Å². The number of hydrogen-bond acceptors (Lipinski definition) is 4. The maximum Gasteiger partial charge on any atom is 0.289 e. The lowest BCUT2D eigenvalue weighted by molar-refractivity contribution is 0.0617. The van der Waals surface area contributed by atoms with Crippen LogP contribution in [-0.2, 0) is 0 Å². The Hall–Kier alpha value is -2.86. The van der Waals surface area contributed by atoms with E-state index in [9.17, 15) is 9.59 Å². The first-order valence-corrected chi connectivity index (χ1v) is 8.26. The van der Waals surface area contributed by atoms with Crippen LogP contribution in [0.4, 0.5) is 0 Å². The Morgan fingerprint density at radius 3 is 2.32 bits per heavy atom. The Kier molecular flexibility index (Phi) is 5.30. The fourth-order valence-corrected chi connectivity index (χ4v) is 2.78. The minimum Gasteiger partial charge on any atom is -0.446 e. The lowest BCUT2D eigenvalue weighted by Crippen LogP contribution is -2.48. The van der Waals surface area contributed by atoms with Gasteiger partial charge in [0, 0.05) is 32.7 Å². The van der Waals surface area contributed by atoms with Gasteiger partial charge >= 0.3 is 0 Å². The van der Waals surface area contributed by atoms with Gasteiger partial charge in [0.1, 0.15) is 0 Å². The molecule has 1 aliphatic rings. The highest BCUT2D eigenvalue weighted by atomic mass is 16.4. The zero-order chi connectivity index (χ0) is 17.6. The molecule has 0 unspecified atom stereocenters. The van der Waals surface area contributed by atoms with E-state index in [1.54, 1.807) is 4.90 Å². The minimum absolute atomic E-state index is 0.00744. The van der Waals surface area contributed by atoms with Gasteiger partial charge in [0.15, 0.2) is 11.5 Å². The van der Waals surface area contributed by atoms with Gasteiger partial charge in [-0.1, -0.05) is 42.5 Å². The number of rotatable bonds is 5. The largest absolute Gasteiger partial charge is 0.446 e. The topological polar surface area (TPSA) is 79.8 Å². The number of nitrogens with two attached hydrogens (primary N) is 1. The van der Waals surface area contributed by atoms with Crippen LogP contribution in [0.5, 0.6) is 0 Å². The minimum atomic E-state index is -0.672. The van der Waals surface area contributed by atoms with Crippen molar-refractivity contribution in [1.29, 1.82) is 0 Å². The predicted octanol–water partition coefficient (Wildman–Crippen LogP) is 1.85. The summed E-state index contributed by atoms with van der Waals surface area (Å²) in [6.07, 6.45) is 4.24. The highest BCUT2D eigenvalue weighted by Gasteiger charge is 2.24. The molecule has 25 heavy (non-hydrogen) atoms. The third-order valence-corrected chi connectivity index (χ3v) is 4.19. The lowest BCUT2D eigenvalue weighted by atomic mass is 10.2. The Morgan fingerprint density at radius 2 is 1.68 bits per heavy atom. The molecule has 2 aromatic rings. The van der Waals surface area contributed by atoms with Crippen molar-refractivity contribution in [3.8, 4) is 0 Å². The van der Waals surface area contributed by atoms with E-state index in [-0.39, 0.29) is 17.4 Å². The van der Waals surface area contributed by atoms with E-state index in [0.717, 1.165) is 19.6 Å². The Labute approximate surface area is 146 Å². The fraction of sp³-hybridized carbons (Fsp3) is 0.263. The van der Waals surface area contributed by atoms with Gasteiger partial charge in [-0.05, 0) is 17.7 Å². The molecule has 0 atom stereocenters. The van der Waals surface area contributed by atoms with Gasteiger partial charge in [-0.15, -0.1) is 0 Å². The summed E-state index contributed by atoms with van der Waals surface area (Å²) in [7, 11) is 0. The molecule has 1 saturated heterocycles. The first kappa shape index (κ1) is 17.0. The molecule has 0 spiro atoms. The summed E-state index contributed by atoms with van der Waals surface area (Å²) in [5, 5.41) is 0. The van der Waals surface area contributed by atoms with Crippen molar-refractivity contribution >= 4 is 17.9 Å². The molecule has 0 radical (unpaired) electrons. The summed E-state index contributed by atoms with van der Waals surface area (Å²) < 4.78 is 5.21. The van der Waals surface area contributed by atoms with E-state index in [1.165, 1.54) is 17.7 Å². The average Bonchev–Trinajstić information content (AvgIpc) is 3.13. The van der Waals surface area contributed by atoms with Crippen molar-refractivity contribution in [1.82, 2.24) is 9.80 Å². The molecule has 6 heteroatoms. The number of piperazine rings is 1. The Morgan fingerprint density at radius 1 is 1.00 bits per heavy atom. The molecule has 6 nitrogen and oxygen atoms in total. The van der Waals surface area contributed by atoms with Crippen molar-refractivity contribution in [2.45, 2.75) is 0 Å². The monoisotopic (exact) mass is 339 g/mol. The van der Waals surface area contributed by atoms with E-state index in [4.69, 9.17) is 10.2 Å². The van der Waals surface area contributed by atoms with E-state index in [2.05, 4.69) is 29.2 Å². The van der Waals surface area contributed by atoms with E-state index in [0.29, 0.717) is 13.1 Å². The van der Waals surface area contributed by atoms with Crippen LogP contribution < -0.4 is 5.73 Å². The smallest absolute Gasteiger partial charge is 0.289 e. The molecule has 1 aromatic heterocycles. The molecular formula is C19H21N3O3. The molecule has 0 aliphatic carbocycles. The molecule has 1 aliphatic heterocycles. The number of furan rings is 1. The highest BCUT2D eigenvalue weighted by Crippen LogP contribution is 2.12. The average molecular weight is 339 g/mol. The molecule has 2 N–H and O–H groups in total. The quantitative estimate of drug-likeness (QED) is 0.901. The maximum absolute atomic E-state index is 12.4. The van der Waals surface area contributed by atoms with Crippen molar-refractivity contribution in [3.05, 3.63) is 65.6 Å². The van der Waals surface area contributed by atoms with Gasteiger partial charge in [-0.25, -0.2) is 0 Å². The fourth-order valence-electron chi connectivity index (χ4n) is 2.78. The number of hydrogen-bond donors (Lipinski definition) is 1. The zero-order valence-corrected chi connectivity index (χ0v) is 13.9. The second-order valence-corrected chi connectivity index (χ2v) is 5.93. The third kappa shape index (κ3) is 4.36. The van der Waals surface area contributed by atoms with E-state index in [1.807, 2.05) is 18.2 Å². The van der Waals surface area contributed by atoms with Gasteiger partial charge in [0.25, 0.3) is 11.8 Å². The molecule has 130 valence electrons. The summed E-state index contributed by atoms with van der Waals surface area (Å²) in [6.45, 7) is 3.71. The van der Waals surface area contributed by atoms with Crippen LogP contribution in [0.15, 0.2) is 53.0 Å². The number of benzene rings is 1. The SMILES string of the molecule is NC(=O)c1ccc(C(=O)N2CCN(C/C=C/c3ccccc3)CC2)o1. The second kappa shape index (κ2) is 7.81. The van der Waals surface area contributed by atoms with E-state index < -0.39 is 5.91 Å². The van der Waals surface area contributed by atoms with Crippen LogP contribution in [0, 0.1) is 0 Å². The molecule has 1 fully saturated rings. The normalized spacial score (nSPS) is 15.6. The molecule has 1 aromatic carbocycles. The molecule has 0 bridgehead atoms. The summed E-state index contributed by atoms with van der Waals surface area (Å²) in [6, 6.07) is 13.1. The van der Waals surface area contributed by atoms with Crippen LogP contribution in [-0.4, -0.2) is 54.3 Å². The van der Waals surface area contributed by atoms with Crippen molar-refractivity contribution in [2.24, 2.45) is 5.73 Å². The highest BCUT2D eigenvalue weighted by molar-refractivity contribution is 5.95. The first-order valence-electron chi connectivity index (χ1n) is 8.26. The zero-order valence-electron chi connectivity index (χ0n) is 13.9. The second-order valence-electron chi connectivity index (χ2n) is 5.93. The van der Waals surface area contributed by atoms with Gasteiger partial charge in [0.05, 0.1) is 0 Å². The molecule has 2 amide bonds. The van der Waals surface area contributed by atoms with Crippen molar-refractivity contribution in [2.75, 3.05) is 32.7 Å². The van der Waals surface area contributed by atoms with Gasteiger partial charge in [0.2, 0.25) is 0 Å². The van der Waals surface area contributed by atoms with Gasteiger partial charge < -0.3 is 15.1 Å². The van der Waals surface area contributed by atoms with Crippen LogP contribution in [0.1, 0.15) is 26.7 Å². The Balaban J connectivity index is 1.48.